The van der Waals surface area contributed by atoms with Crippen LogP contribution in [0.5, 0.6) is 0 Å². The molecule has 134 valence electrons. The predicted molar refractivity (Wildman–Crippen MR) is 94.1 cm³/mol. The summed E-state index contributed by atoms with van der Waals surface area (Å²) in [6.07, 6.45) is 11.8. The van der Waals surface area contributed by atoms with Crippen molar-refractivity contribution in [2.45, 2.75) is 51.1 Å². The third-order valence-electron chi connectivity index (χ3n) is 5.50. The highest BCUT2D eigenvalue weighted by atomic mass is 16.3. The van der Waals surface area contributed by atoms with E-state index in [4.69, 9.17) is 4.42 Å². The Morgan fingerprint density at radius 2 is 2.24 bits per heavy atom. The Kier molecular flexibility index (Phi) is 4.76. The van der Waals surface area contributed by atoms with Crippen LogP contribution in [0, 0.1) is 5.92 Å². The summed E-state index contributed by atoms with van der Waals surface area (Å²) in [6, 6.07) is 3.69. The lowest BCUT2D eigenvalue weighted by atomic mass is 9.85. The average Bonchev–Trinajstić information content (AvgIpc) is 3.27. The first-order valence-electron chi connectivity index (χ1n) is 9.36. The van der Waals surface area contributed by atoms with Gasteiger partial charge in [-0.3, -0.25) is 0 Å². The van der Waals surface area contributed by atoms with Gasteiger partial charge < -0.3 is 19.2 Å². The molecule has 4 rings (SSSR count). The van der Waals surface area contributed by atoms with Gasteiger partial charge >= 0.3 is 6.03 Å². The molecule has 6 nitrogen and oxygen atoms in total. The van der Waals surface area contributed by atoms with Gasteiger partial charge in [0.15, 0.2) is 0 Å². The fourth-order valence-electron chi connectivity index (χ4n) is 3.85. The number of aromatic nitrogens is 2. The Morgan fingerprint density at radius 3 is 3.00 bits per heavy atom. The number of carbonyl (C=O) groups is 1. The second-order valence-corrected chi connectivity index (χ2v) is 7.26. The monoisotopic (exact) mass is 342 g/mol. The largest absolute Gasteiger partial charge is 0.467 e. The van der Waals surface area contributed by atoms with Gasteiger partial charge in [0.05, 0.1) is 12.8 Å². The Balaban J connectivity index is 1.35. The number of imidazole rings is 1. The maximum atomic E-state index is 12.5. The van der Waals surface area contributed by atoms with Crippen LogP contribution < -0.4 is 5.32 Å². The topological polar surface area (TPSA) is 63.3 Å². The van der Waals surface area contributed by atoms with Gasteiger partial charge in [-0.25, -0.2) is 9.78 Å². The van der Waals surface area contributed by atoms with Crippen LogP contribution in [0.15, 0.2) is 35.2 Å². The minimum Gasteiger partial charge on any atom is -0.467 e. The molecule has 1 saturated carbocycles. The Bertz CT molecular complexity index is 690. The van der Waals surface area contributed by atoms with Gasteiger partial charge in [-0.15, -0.1) is 0 Å². The van der Waals surface area contributed by atoms with Gasteiger partial charge in [0.2, 0.25) is 0 Å². The zero-order valence-electron chi connectivity index (χ0n) is 14.6. The lowest BCUT2D eigenvalue weighted by Crippen LogP contribution is -2.45. The van der Waals surface area contributed by atoms with Crippen molar-refractivity contribution in [1.82, 2.24) is 19.8 Å². The molecule has 1 saturated heterocycles. The van der Waals surface area contributed by atoms with Crippen molar-refractivity contribution in [3.63, 3.8) is 0 Å². The van der Waals surface area contributed by atoms with Crippen LogP contribution in [-0.2, 0) is 13.1 Å². The highest BCUT2D eigenvalue weighted by Gasteiger charge is 2.28. The molecule has 2 aliphatic rings. The first-order chi connectivity index (χ1) is 12.3. The molecule has 2 fully saturated rings. The first-order valence-corrected chi connectivity index (χ1v) is 9.36. The number of furan rings is 1. The predicted octanol–water partition coefficient (Wildman–Crippen LogP) is 3.37. The summed E-state index contributed by atoms with van der Waals surface area (Å²) in [4.78, 5) is 19.0. The Labute approximate surface area is 148 Å². The van der Waals surface area contributed by atoms with E-state index >= 15 is 0 Å². The van der Waals surface area contributed by atoms with E-state index in [1.54, 1.807) is 6.26 Å². The third-order valence-corrected chi connectivity index (χ3v) is 5.50. The minimum atomic E-state index is -0.0156. The Morgan fingerprint density at radius 1 is 1.32 bits per heavy atom. The van der Waals surface area contributed by atoms with E-state index in [1.165, 1.54) is 19.3 Å². The highest BCUT2D eigenvalue weighted by molar-refractivity contribution is 5.74. The maximum absolute atomic E-state index is 12.5. The fraction of sp³-hybridized carbons (Fsp3) is 0.579. The first kappa shape index (κ1) is 16.2. The normalized spacial score (nSPS) is 21.1. The number of piperidine rings is 1. The fourth-order valence-corrected chi connectivity index (χ4v) is 3.85. The van der Waals surface area contributed by atoms with Crippen LogP contribution in [0.25, 0.3) is 0 Å². The molecule has 0 unspecified atom stereocenters. The molecular weight excluding hydrogens is 316 g/mol. The highest BCUT2D eigenvalue weighted by Crippen LogP contribution is 2.31. The number of urea groups is 1. The number of hydrogen-bond acceptors (Lipinski definition) is 3. The smallest absolute Gasteiger partial charge is 0.317 e. The molecule has 0 bridgehead atoms. The van der Waals surface area contributed by atoms with Crippen molar-refractivity contribution in [3.05, 3.63) is 42.4 Å². The van der Waals surface area contributed by atoms with Gasteiger partial charge in [-0.05, 0) is 43.7 Å². The van der Waals surface area contributed by atoms with Gasteiger partial charge in [0.25, 0.3) is 0 Å². The number of rotatable bonds is 5. The van der Waals surface area contributed by atoms with Gasteiger partial charge in [-0.2, -0.15) is 0 Å². The van der Waals surface area contributed by atoms with Crippen LogP contribution in [0.3, 0.4) is 0 Å². The zero-order chi connectivity index (χ0) is 17.1. The van der Waals surface area contributed by atoms with Crippen molar-refractivity contribution >= 4 is 6.03 Å². The molecule has 1 atom stereocenters. The van der Waals surface area contributed by atoms with Gasteiger partial charge in [0.1, 0.15) is 11.6 Å². The summed E-state index contributed by atoms with van der Waals surface area (Å²) in [7, 11) is 0. The average molecular weight is 342 g/mol. The summed E-state index contributed by atoms with van der Waals surface area (Å²) in [5.74, 6) is 3.07. The summed E-state index contributed by atoms with van der Waals surface area (Å²) in [5.41, 5.74) is 0. The number of carbonyl (C=O) groups excluding carboxylic acids is 1. The molecule has 1 aliphatic heterocycles. The van der Waals surface area contributed by atoms with E-state index in [2.05, 4.69) is 21.1 Å². The van der Waals surface area contributed by atoms with Crippen LogP contribution in [0.2, 0.25) is 0 Å². The number of amides is 2. The second-order valence-electron chi connectivity index (χ2n) is 7.26. The summed E-state index contributed by atoms with van der Waals surface area (Å²) in [6.45, 7) is 3.06. The van der Waals surface area contributed by atoms with Gasteiger partial charge in [0, 0.05) is 37.9 Å². The van der Waals surface area contributed by atoms with E-state index in [0.29, 0.717) is 12.5 Å². The molecule has 6 heteroatoms. The number of nitrogens with zero attached hydrogens (tertiary/aromatic N) is 3. The third kappa shape index (κ3) is 3.72. The second kappa shape index (κ2) is 7.33. The van der Waals surface area contributed by atoms with E-state index in [9.17, 15) is 4.79 Å². The molecule has 2 amide bonds. The van der Waals surface area contributed by atoms with Crippen LogP contribution in [0.1, 0.15) is 49.6 Å². The van der Waals surface area contributed by atoms with Crippen LogP contribution in [-0.4, -0.2) is 33.6 Å². The van der Waals surface area contributed by atoms with E-state index in [0.717, 1.165) is 50.0 Å². The summed E-state index contributed by atoms with van der Waals surface area (Å²) >= 11 is 0. The number of hydrogen-bond donors (Lipinski definition) is 1. The van der Waals surface area contributed by atoms with Crippen molar-refractivity contribution < 1.29 is 9.21 Å². The SMILES string of the molecule is O=C(NCc1ccco1)N1CCC[C@@H](c2nccn2CC2CCC2)C1. The van der Waals surface area contributed by atoms with E-state index in [-0.39, 0.29) is 6.03 Å². The quantitative estimate of drug-likeness (QED) is 0.906. The van der Waals surface area contributed by atoms with Crippen molar-refractivity contribution in [1.29, 1.82) is 0 Å². The molecule has 25 heavy (non-hydrogen) atoms. The molecule has 2 aromatic rings. The van der Waals surface area contributed by atoms with Gasteiger partial charge in [-0.1, -0.05) is 6.42 Å². The molecule has 0 spiro atoms. The number of nitrogens with one attached hydrogen (secondary N) is 1. The molecule has 1 N–H and O–H groups in total. The molecule has 3 heterocycles. The van der Waals surface area contributed by atoms with Crippen LogP contribution in [0.4, 0.5) is 4.79 Å². The van der Waals surface area contributed by atoms with Crippen molar-refractivity contribution in [2.75, 3.05) is 13.1 Å². The summed E-state index contributed by atoms with van der Waals surface area (Å²) < 4.78 is 7.59. The maximum Gasteiger partial charge on any atom is 0.317 e. The zero-order valence-corrected chi connectivity index (χ0v) is 14.6. The lowest BCUT2D eigenvalue weighted by Gasteiger charge is -2.33. The molecule has 1 aliphatic carbocycles. The standard InChI is InChI=1S/C19H26N4O2/c24-19(21-12-17-7-3-11-25-17)23-9-2-6-16(14-23)18-20-8-10-22(18)13-15-4-1-5-15/h3,7-8,10-11,15-16H,1-2,4-6,9,12-14H2,(H,21,24)/t16-/m1/s1. The Hall–Kier alpha value is -2.24. The van der Waals surface area contributed by atoms with E-state index in [1.807, 2.05) is 23.2 Å². The molecule has 0 aromatic carbocycles. The van der Waals surface area contributed by atoms with Crippen LogP contribution >= 0.6 is 0 Å². The molecule has 0 radical (unpaired) electrons. The molecular formula is C19H26N4O2. The molecule has 2 aromatic heterocycles. The minimum absolute atomic E-state index is 0.0156. The lowest BCUT2D eigenvalue weighted by molar-refractivity contribution is 0.175. The number of likely N-dealkylation sites (tertiary alicyclic amines) is 1. The van der Waals surface area contributed by atoms with Crippen molar-refractivity contribution in [2.24, 2.45) is 5.92 Å². The van der Waals surface area contributed by atoms with E-state index < -0.39 is 0 Å². The van der Waals surface area contributed by atoms with Crippen molar-refractivity contribution in [3.8, 4) is 0 Å². The summed E-state index contributed by atoms with van der Waals surface area (Å²) in [5, 5.41) is 2.95.